The summed E-state index contributed by atoms with van der Waals surface area (Å²) in [5, 5.41) is 38.3. The molecule has 0 saturated heterocycles. The van der Waals surface area contributed by atoms with Gasteiger partial charge in [0.25, 0.3) is 0 Å². The first-order chi connectivity index (χ1) is 17.9. The van der Waals surface area contributed by atoms with Crippen LogP contribution >= 0.6 is 0 Å². The third kappa shape index (κ3) is 3.87. The van der Waals surface area contributed by atoms with Gasteiger partial charge in [0.2, 0.25) is 0 Å². The van der Waals surface area contributed by atoms with Crippen LogP contribution in [0.15, 0.2) is 72.8 Å². The fourth-order valence-electron chi connectivity index (χ4n) is 5.05. The van der Waals surface area contributed by atoms with Gasteiger partial charge in [0, 0.05) is 31.1 Å². The molecule has 2 N–H and O–H groups in total. The second-order valence-electron chi connectivity index (χ2n) is 9.34. The summed E-state index contributed by atoms with van der Waals surface area (Å²) in [5.41, 5.74) is 9.02. The molecule has 8 heteroatoms. The standard InChI is InChI=1S/C29H26N6O2/c1-4-21(22-13-17(7-11-28(22)36)19-5-9-24-26(15-19)34(2)32-30-24)23-14-18(8-12-29(23)37)20-6-10-25-27(16-20)35(3)33-31-25/h5-16,21,36-37H,4H2,1-3H3. The van der Waals surface area contributed by atoms with E-state index in [1.54, 1.807) is 21.5 Å². The molecule has 4 aromatic carbocycles. The van der Waals surface area contributed by atoms with E-state index in [0.717, 1.165) is 55.4 Å². The van der Waals surface area contributed by atoms with Gasteiger partial charge in [-0.1, -0.05) is 41.6 Å². The van der Waals surface area contributed by atoms with Gasteiger partial charge < -0.3 is 10.2 Å². The topological polar surface area (TPSA) is 102 Å². The summed E-state index contributed by atoms with van der Waals surface area (Å²) in [5.74, 6) is 0.196. The number of rotatable bonds is 5. The Labute approximate surface area is 213 Å². The van der Waals surface area contributed by atoms with Gasteiger partial charge in [0.1, 0.15) is 22.5 Å². The van der Waals surface area contributed by atoms with Crippen LogP contribution in [0, 0.1) is 0 Å². The summed E-state index contributed by atoms with van der Waals surface area (Å²) in [6.07, 6.45) is 0.698. The average Bonchev–Trinajstić information content (AvgIpc) is 3.48. The Balaban J connectivity index is 1.43. The van der Waals surface area contributed by atoms with Crippen LogP contribution in [0.1, 0.15) is 30.4 Å². The molecule has 184 valence electrons. The zero-order valence-electron chi connectivity index (χ0n) is 20.8. The zero-order valence-corrected chi connectivity index (χ0v) is 20.8. The van der Waals surface area contributed by atoms with Crippen molar-refractivity contribution in [1.29, 1.82) is 0 Å². The van der Waals surface area contributed by atoms with Crippen molar-refractivity contribution in [3.63, 3.8) is 0 Å². The van der Waals surface area contributed by atoms with E-state index in [1.807, 2.05) is 74.8 Å². The summed E-state index contributed by atoms with van der Waals surface area (Å²) in [7, 11) is 3.74. The fraction of sp³-hybridized carbons (Fsp3) is 0.172. The van der Waals surface area contributed by atoms with Crippen molar-refractivity contribution in [2.24, 2.45) is 14.1 Å². The number of phenols is 2. The van der Waals surface area contributed by atoms with Gasteiger partial charge in [0.05, 0.1) is 11.0 Å². The van der Waals surface area contributed by atoms with Crippen LogP contribution in [0.3, 0.4) is 0 Å². The van der Waals surface area contributed by atoms with Crippen molar-refractivity contribution in [3.8, 4) is 33.8 Å². The third-order valence-electron chi connectivity index (χ3n) is 7.10. The molecular weight excluding hydrogens is 464 g/mol. The largest absolute Gasteiger partial charge is 0.508 e. The molecule has 0 bridgehead atoms. The van der Waals surface area contributed by atoms with Gasteiger partial charge >= 0.3 is 0 Å². The van der Waals surface area contributed by atoms with Crippen LogP contribution in [0.5, 0.6) is 11.5 Å². The molecule has 0 amide bonds. The Morgan fingerprint density at radius 3 is 1.46 bits per heavy atom. The molecule has 0 fully saturated rings. The highest BCUT2D eigenvalue weighted by atomic mass is 16.3. The Morgan fingerprint density at radius 1 is 0.622 bits per heavy atom. The van der Waals surface area contributed by atoms with E-state index in [-0.39, 0.29) is 17.4 Å². The lowest BCUT2D eigenvalue weighted by Crippen LogP contribution is -2.02. The predicted octanol–water partition coefficient (Wildman–Crippen LogP) is 5.54. The van der Waals surface area contributed by atoms with Crippen LogP contribution in [0.4, 0.5) is 0 Å². The number of hydrogen-bond donors (Lipinski definition) is 2. The summed E-state index contributed by atoms with van der Waals surface area (Å²) in [6.45, 7) is 2.06. The molecule has 0 aliphatic carbocycles. The number of nitrogens with zero attached hydrogens (tertiary/aromatic N) is 6. The van der Waals surface area contributed by atoms with E-state index in [1.165, 1.54) is 0 Å². The predicted molar refractivity (Wildman–Crippen MR) is 143 cm³/mol. The minimum atomic E-state index is -0.205. The van der Waals surface area contributed by atoms with Crippen LogP contribution in [0.25, 0.3) is 44.3 Å². The lowest BCUT2D eigenvalue weighted by atomic mass is 9.85. The summed E-state index contributed by atoms with van der Waals surface area (Å²) in [4.78, 5) is 0. The fourth-order valence-corrected chi connectivity index (χ4v) is 5.05. The number of hydrogen-bond acceptors (Lipinski definition) is 6. The molecule has 6 rings (SSSR count). The van der Waals surface area contributed by atoms with Crippen molar-refractivity contribution < 1.29 is 10.2 Å². The van der Waals surface area contributed by atoms with Crippen LogP contribution in [-0.2, 0) is 14.1 Å². The van der Waals surface area contributed by atoms with E-state index < -0.39 is 0 Å². The smallest absolute Gasteiger partial charge is 0.119 e. The highest BCUT2D eigenvalue weighted by molar-refractivity contribution is 5.83. The molecule has 8 nitrogen and oxygen atoms in total. The zero-order chi connectivity index (χ0) is 25.7. The van der Waals surface area contributed by atoms with Gasteiger partial charge in [-0.2, -0.15) is 0 Å². The van der Waals surface area contributed by atoms with Crippen LogP contribution < -0.4 is 0 Å². The monoisotopic (exact) mass is 490 g/mol. The molecule has 2 aromatic heterocycles. The molecule has 6 aromatic rings. The number of benzene rings is 4. The maximum atomic E-state index is 10.9. The summed E-state index contributed by atoms with van der Waals surface area (Å²) in [6, 6.07) is 23.3. The number of aromatic nitrogens is 6. The normalized spacial score (nSPS) is 11.7. The summed E-state index contributed by atoms with van der Waals surface area (Å²) < 4.78 is 3.49. The van der Waals surface area contributed by atoms with Gasteiger partial charge in [0.15, 0.2) is 0 Å². The molecule has 0 unspecified atom stereocenters. The van der Waals surface area contributed by atoms with Crippen molar-refractivity contribution >= 4 is 22.1 Å². The number of aromatic hydroxyl groups is 2. The number of fused-ring (bicyclic) bond motifs is 2. The molecule has 0 saturated carbocycles. The van der Waals surface area contributed by atoms with Gasteiger partial charge in [-0.05, 0) is 77.2 Å². The maximum Gasteiger partial charge on any atom is 0.119 e. The first kappa shape index (κ1) is 22.7. The van der Waals surface area contributed by atoms with Crippen molar-refractivity contribution in [1.82, 2.24) is 30.0 Å². The number of phenolic OH excluding ortho intramolecular Hbond substituents is 2. The molecular formula is C29H26N6O2. The minimum Gasteiger partial charge on any atom is -0.508 e. The Hall–Kier alpha value is -4.72. The highest BCUT2D eigenvalue weighted by Gasteiger charge is 2.21. The third-order valence-corrected chi connectivity index (χ3v) is 7.10. The molecule has 0 radical (unpaired) electrons. The van der Waals surface area contributed by atoms with E-state index in [4.69, 9.17) is 0 Å². The summed E-state index contributed by atoms with van der Waals surface area (Å²) >= 11 is 0. The quantitative estimate of drug-likeness (QED) is 0.329. The van der Waals surface area contributed by atoms with Crippen molar-refractivity contribution in [2.45, 2.75) is 19.3 Å². The molecule has 0 aliphatic rings. The first-order valence-electron chi connectivity index (χ1n) is 12.2. The van der Waals surface area contributed by atoms with Crippen LogP contribution in [-0.4, -0.2) is 40.2 Å². The first-order valence-corrected chi connectivity index (χ1v) is 12.2. The van der Waals surface area contributed by atoms with E-state index >= 15 is 0 Å². The second-order valence-corrected chi connectivity index (χ2v) is 9.34. The molecule has 37 heavy (non-hydrogen) atoms. The SMILES string of the molecule is CCC(c1cc(-c2ccc3nnn(C)c3c2)ccc1O)c1cc(-c2ccc3nnn(C)c3c2)ccc1O. The van der Waals surface area contributed by atoms with Gasteiger partial charge in [-0.25, -0.2) is 9.36 Å². The minimum absolute atomic E-state index is 0.200. The van der Waals surface area contributed by atoms with Gasteiger partial charge in [-0.3, -0.25) is 0 Å². The van der Waals surface area contributed by atoms with Gasteiger partial charge in [-0.15, -0.1) is 10.2 Å². The molecule has 0 atom stereocenters. The maximum absolute atomic E-state index is 10.9. The van der Waals surface area contributed by atoms with Crippen molar-refractivity contribution in [3.05, 3.63) is 83.9 Å². The Morgan fingerprint density at radius 2 is 1.03 bits per heavy atom. The Bertz CT molecular complexity index is 1660. The second kappa shape index (κ2) is 8.74. The molecule has 2 heterocycles. The van der Waals surface area contributed by atoms with E-state index in [0.29, 0.717) is 6.42 Å². The van der Waals surface area contributed by atoms with Crippen LogP contribution in [0.2, 0.25) is 0 Å². The van der Waals surface area contributed by atoms with Crippen molar-refractivity contribution in [2.75, 3.05) is 0 Å². The lowest BCUT2D eigenvalue weighted by molar-refractivity contribution is 0.453. The lowest BCUT2D eigenvalue weighted by Gasteiger charge is -2.20. The average molecular weight is 491 g/mol. The number of aryl methyl sites for hydroxylation is 2. The molecule has 0 spiro atoms. The highest BCUT2D eigenvalue weighted by Crippen LogP contribution is 2.41. The molecule has 0 aliphatic heterocycles. The van der Waals surface area contributed by atoms with E-state index in [2.05, 4.69) is 27.5 Å². The van der Waals surface area contributed by atoms with E-state index in [9.17, 15) is 10.2 Å². The Kier molecular flexibility index (Phi) is 5.37.